The summed E-state index contributed by atoms with van der Waals surface area (Å²) < 4.78 is 7.02. The van der Waals surface area contributed by atoms with Gasteiger partial charge >= 0.3 is 0 Å². The van der Waals surface area contributed by atoms with E-state index in [2.05, 4.69) is 9.88 Å². The number of aryl methyl sites for hydroxylation is 1. The van der Waals surface area contributed by atoms with Crippen molar-refractivity contribution >= 4 is 5.91 Å². The van der Waals surface area contributed by atoms with Crippen molar-refractivity contribution in [3.8, 4) is 0 Å². The molecule has 1 aromatic heterocycles. The molecule has 1 aromatic rings. The maximum absolute atomic E-state index is 12.1. The van der Waals surface area contributed by atoms with Crippen LogP contribution in [-0.4, -0.2) is 71.2 Å². The maximum atomic E-state index is 12.1. The lowest BCUT2D eigenvalue weighted by atomic mass is 9.96. The summed E-state index contributed by atoms with van der Waals surface area (Å²) in [5.41, 5.74) is 0.769. The lowest BCUT2D eigenvalue weighted by Crippen LogP contribution is -2.43. The van der Waals surface area contributed by atoms with Crippen molar-refractivity contribution in [3.05, 3.63) is 28.4 Å². The molecule has 2 fully saturated rings. The van der Waals surface area contributed by atoms with Crippen molar-refractivity contribution in [1.82, 2.24) is 19.4 Å². The van der Waals surface area contributed by atoms with Crippen LogP contribution < -0.4 is 5.56 Å². The number of rotatable bonds is 5. The Bertz CT molecular complexity index is 637. The third kappa shape index (κ3) is 4.89. The van der Waals surface area contributed by atoms with Crippen LogP contribution in [0.3, 0.4) is 0 Å². The Morgan fingerprint density at radius 2 is 2.00 bits per heavy atom. The van der Waals surface area contributed by atoms with E-state index in [9.17, 15) is 9.59 Å². The minimum Gasteiger partial charge on any atom is -0.372 e. The number of nitrogens with zero attached hydrogens (tertiary/aromatic N) is 4. The van der Waals surface area contributed by atoms with Crippen molar-refractivity contribution in [1.29, 1.82) is 0 Å². The molecule has 0 bridgehead atoms. The first-order valence-electron chi connectivity index (χ1n) is 9.22. The van der Waals surface area contributed by atoms with E-state index in [1.54, 1.807) is 17.1 Å². The number of carbonyl (C=O) groups excluding carboxylic acids is 1. The number of hydrogen-bond donors (Lipinski definition) is 0. The van der Waals surface area contributed by atoms with Crippen molar-refractivity contribution < 1.29 is 9.53 Å². The fourth-order valence-corrected chi connectivity index (χ4v) is 3.59. The van der Waals surface area contributed by atoms with Crippen LogP contribution in [0.4, 0.5) is 0 Å². The largest absolute Gasteiger partial charge is 0.372 e. The SMILES string of the molecule is Cc1cncn(CC2CCN(CCN3CCCOCC3=O)CC2)c1=O. The first kappa shape index (κ1) is 18.1. The average molecular weight is 348 g/mol. The first-order chi connectivity index (χ1) is 12.1. The molecule has 3 heterocycles. The Morgan fingerprint density at radius 1 is 1.20 bits per heavy atom. The van der Waals surface area contributed by atoms with Gasteiger partial charge in [0.2, 0.25) is 5.91 Å². The van der Waals surface area contributed by atoms with Gasteiger partial charge in [-0.1, -0.05) is 0 Å². The van der Waals surface area contributed by atoms with E-state index in [1.165, 1.54) is 0 Å². The second-order valence-electron chi connectivity index (χ2n) is 7.11. The van der Waals surface area contributed by atoms with E-state index in [-0.39, 0.29) is 18.1 Å². The van der Waals surface area contributed by atoms with Crippen LogP contribution in [0, 0.1) is 12.8 Å². The van der Waals surface area contributed by atoms with Crippen LogP contribution in [0.1, 0.15) is 24.8 Å². The van der Waals surface area contributed by atoms with Gasteiger partial charge in [0.1, 0.15) is 6.61 Å². The number of hydrogen-bond acceptors (Lipinski definition) is 5. The van der Waals surface area contributed by atoms with Gasteiger partial charge in [-0.05, 0) is 45.2 Å². The summed E-state index contributed by atoms with van der Waals surface area (Å²) in [6.07, 6.45) is 6.35. The molecular formula is C18H28N4O3. The van der Waals surface area contributed by atoms with E-state index >= 15 is 0 Å². The molecule has 7 nitrogen and oxygen atoms in total. The molecule has 3 rings (SSSR count). The zero-order valence-corrected chi connectivity index (χ0v) is 15.0. The minimum atomic E-state index is 0.0688. The summed E-state index contributed by atoms with van der Waals surface area (Å²) in [5, 5.41) is 0. The lowest BCUT2D eigenvalue weighted by Gasteiger charge is -2.33. The summed E-state index contributed by atoms with van der Waals surface area (Å²) in [4.78, 5) is 32.5. The van der Waals surface area contributed by atoms with Gasteiger partial charge in [0.05, 0.1) is 6.33 Å². The predicted molar refractivity (Wildman–Crippen MR) is 94.4 cm³/mol. The Morgan fingerprint density at radius 3 is 2.80 bits per heavy atom. The number of amides is 1. The molecule has 2 aliphatic heterocycles. The normalized spacial score (nSPS) is 20.7. The molecule has 0 spiro atoms. The number of carbonyl (C=O) groups is 1. The van der Waals surface area contributed by atoms with E-state index < -0.39 is 0 Å². The molecule has 0 atom stereocenters. The van der Waals surface area contributed by atoms with Gasteiger partial charge in [0.25, 0.3) is 5.56 Å². The molecule has 0 aromatic carbocycles. The van der Waals surface area contributed by atoms with Crippen LogP contribution in [0.5, 0.6) is 0 Å². The van der Waals surface area contributed by atoms with Gasteiger partial charge in [-0.25, -0.2) is 4.98 Å². The second kappa shape index (κ2) is 8.58. The fourth-order valence-electron chi connectivity index (χ4n) is 3.59. The second-order valence-corrected chi connectivity index (χ2v) is 7.11. The van der Waals surface area contributed by atoms with Crippen molar-refractivity contribution in [3.63, 3.8) is 0 Å². The number of piperidine rings is 1. The van der Waals surface area contributed by atoms with Gasteiger partial charge in [-0.3, -0.25) is 14.2 Å². The summed E-state index contributed by atoms with van der Waals surface area (Å²) in [6, 6.07) is 0. The molecule has 0 aliphatic carbocycles. The molecule has 25 heavy (non-hydrogen) atoms. The van der Waals surface area contributed by atoms with Crippen molar-refractivity contribution in [2.75, 3.05) is 45.9 Å². The minimum absolute atomic E-state index is 0.0688. The van der Waals surface area contributed by atoms with Crippen LogP contribution in [0.15, 0.2) is 17.3 Å². The molecule has 2 aliphatic rings. The summed E-state index contributed by atoms with van der Waals surface area (Å²) >= 11 is 0. The highest BCUT2D eigenvalue weighted by molar-refractivity contribution is 5.77. The van der Waals surface area contributed by atoms with Gasteiger partial charge in [0, 0.05) is 44.5 Å². The highest BCUT2D eigenvalue weighted by Crippen LogP contribution is 2.18. The molecule has 0 unspecified atom stereocenters. The van der Waals surface area contributed by atoms with Gasteiger partial charge < -0.3 is 14.5 Å². The van der Waals surface area contributed by atoms with Crippen molar-refractivity contribution in [2.45, 2.75) is 32.7 Å². The number of aromatic nitrogens is 2. The molecular weight excluding hydrogens is 320 g/mol. The van der Waals surface area contributed by atoms with E-state index in [4.69, 9.17) is 4.74 Å². The average Bonchev–Trinajstić information content (AvgIpc) is 2.82. The van der Waals surface area contributed by atoms with E-state index in [0.29, 0.717) is 18.1 Å². The quantitative estimate of drug-likeness (QED) is 0.776. The maximum Gasteiger partial charge on any atom is 0.256 e. The van der Waals surface area contributed by atoms with Crippen molar-refractivity contribution in [2.24, 2.45) is 5.92 Å². The molecule has 0 saturated carbocycles. The first-order valence-corrected chi connectivity index (χ1v) is 9.22. The van der Waals surface area contributed by atoms with Gasteiger partial charge in [0.15, 0.2) is 0 Å². The summed E-state index contributed by atoms with van der Waals surface area (Å²) in [5.74, 6) is 0.629. The monoisotopic (exact) mass is 348 g/mol. The molecule has 0 radical (unpaired) electrons. The third-order valence-electron chi connectivity index (χ3n) is 5.22. The topological polar surface area (TPSA) is 67.7 Å². The van der Waals surface area contributed by atoms with Gasteiger partial charge in [-0.15, -0.1) is 0 Å². The fraction of sp³-hybridized carbons (Fsp3) is 0.722. The molecule has 1 amide bonds. The smallest absolute Gasteiger partial charge is 0.256 e. The third-order valence-corrected chi connectivity index (χ3v) is 5.22. The van der Waals surface area contributed by atoms with E-state index in [1.807, 2.05) is 11.8 Å². The highest BCUT2D eigenvalue weighted by atomic mass is 16.5. The molecule has 7 heteroatoms. The van der Waals surface area contributed by atoms with Crippen LogP contribution in [-0.2, 0) is 16.1 Å². The van der Waals surface area contributed by atoms with Crippen LogP contribution in [0.25, 0.3) is 0 Å². The zero-order valence-electron chi connectivity index (χ0n) is 15.0. The Labute approximate surface area is 148 Å². The standard InChI is InChI=1S/C18H28N4O3/c1-15-11-19-14-22(18(15)24)12-16-3-6-20(7-4-16)8-9-21-5-2-10-25-13-17(21)23/h11,14,16H,2-10,12-13H2,1H3. The lowest BCUT2D eigenvalue weighted by molar-refractivity contribution is -0.134. The molecule has 2 saturated heterocycles. The Kier molecular flexibility index (Phi) is 6.20. The summed E-state index contributed by atoms with van der Waals surface area (Å²) in [6.45, 7) is 8.03. The Balaban J connectivity index is 1.43. The number of likely N-dealkylation sites (tertiary alicyclic amines) is 1. The molecule has 138 valence electrons. The zero-order chi connectivity index (χ0) is 17.6. The molecule has 0 N–H and O–H groups in total. The van der Waals surface area contributed by atoms with E-state index in [0.717, 1.165) is 58.5 Å². The van der Waals surface area contributed by atoms with Crippen LogP contribution in [0.2, 0.25) is 0 Å². The van der Waals surface area contributed by atoms with Crippen LogP contribution >= 0.6 is 0 Å². The summed E-state index contributed by atoms with van der Waals surface area (Å²) in [7, 11) is 0. The Hall–Kier alpha value is -1.73. The van der Waals surface area contributed by atoms with Gasteiger partial charge in [-0.2, -0.15) is 0 Å². The number of ether oxygens (including phenoxy) is 1. The highest BCUT2D eigenvalue weighted by Gasteiger charge is 2.22. The predicted octanol–water partition coefficient (Wildman–Crippen LogP) is 0.513.